The predicted molar refractivity (Wildman–Crippen MR) is 103 cm³/mol. The zero-order valence-electron chi connectivity index (χ0n) is 14.2. The van der Waals surface area contributed by atoms with Crippen LogP contribution in [0, 0.1) is 0 Å². The molecule has 0 fully saturated rings. The molecule has 132 valence electrons. The number of carbonyl (C=O) groups excluding carboxylic acids is 2. The lowest BCUT2D eigenvalue weighted by molar-refractivity contribution is 0.0963. The van der Waals surface area contributed by atoms with Gasteiger partial charge in [0.2, 0.25) is 0 Å². The fraction of sp³-hybridized carbons (Fsp3) is 0.105. The molecule has 1 aromatic heterocycles. The third kappa shape index (κ3) is 4.46. The van der Waals surface area contributed by atoms with Crippen LogP contribution >= 0.6 is 11.3 Å². The van der Waals surface area contributed by atoms with E-state index in [9.17, 15) is 9.59 Å². The van der Waals surface area contributed by atoms with Gasteiger partial charge in [0.05, 0.1) is 4.88 Å². The van der Waals surface area contributed by atoms with Gasteiger partial charge < -0.3 is 10.6 Å². The molecule has 3 amide bonds. The topological polar surface area (TPSA) is 83.1 Å². The highest BCUT2D eigenvalue weighted by molar-refractivity contribution is 7.19. The number of nitrogens with one attached hydrogen (secondary N) is 3. The number of benzene rings is 2. The number of anilines is 1. The first kappa shape index (κ1) is 17.6. The lowest BCUT2D eigenvalue weighted by Crippen LogP contribution is -2.28. The van der Waals surface area contributed by atoms with Crippen LogP contribution in [0.2, 0.25) is 0 Å². The minimum atomic E-state index is -0.325. The van der Waals surface area contributed by atoms with E-state index in [2.05, 4.69) is 20.9 Å². The number of carbonyl (C=O) groups is 2. The molecule has 1 heterocycles. The van der Waals surface area contributed by atoms with Crippen LogP contribution in [-0.2, 0) is 6.54 Å². The Morgan fingerprint density at radius 3 is 2.46 bits per heavy atom. The molecule has 3 N–H and O–H groups in total. The van der Waals surface area contributed by atoms with Crippen molar-refractivity contribution >= 4 is 28.4 Å². The molecule has 0 aliphatic carbocycles. The molecule has 26 heavy (non-hydrogen) atoms. The van der Waals surface area contributed by atoms with Gasteiger partial charge in [-0.2, -0.15) is 0 Å². The van der Waals surface area contributed by atoms with Crippen LogP contribution in [0.5, 0.6) is 0 Å². The molecule has 6 nitrogen and oxygen atoms in total. The van der Waals surface area contributed by atoms with Gasteiger partial charge in [-0.25, -0.2) is 9.78 Å². The third-order valence-corrected chi connectivity index (χ3v) is 4.64. The van der Waals surface area contributed by atoms with E-state index < -0.39 is 0 Å². The lowest BCUT2D eigenvalue weighted by atomic mass is 10.1. The Bertz CT molecular complexity index is 891. The molecule has 7 heteroatoms. The fourth-order valence-corrected chi connectivity index (χ4v) is 3.13. The van der Waals surface area contributed by atoms with Crippen LogP contribution < -0.4 is 16.0 Å². The molecule has 3 rings (SSSR count). The lowest BCUT2D eigenvalue weighted by Gasteiger charge is -2.06. The van der Waals surface area contributed by atoms with E-state index in [1.807, 2.05) is 42.5 Å². The van der Waals surface area contributed by atoms with Crippen molar-refractivity contribution in [2.24, 2.45) is 0 Å². The summed E-state index contributed by atoms with van der Waals surface area (Å²) in [5.74, 6) is -0.139. The van der Waals surface area contributed by atoms with Gasteiger partial charge in [0.1, 0.15) is 0 Å². The Morgan fingerprint density at radius 2 is 1.77 bits per heavy atom. The summed E-state index contributed by atoms with van der Waals surface area (Å²) in [5.41, 5.74) is 2.54. The van der Waals surface area contributed by atoms with Crippen LogP contribution in [0.4, 0.5) is 9.93 Å². The Balaban J connectivity index is 1.53. The number of thiazole rings is 1. The number of hydrogen-bond donors (Lipinski definition) is 3. The maximum Gasteiger partial charge on any atom is 0.321 e. The summed E-state index contributed by atoms with van der Waals surface area (Å²) in [7, 11) is 1.59. The average molecular weight is 366 g/mol. The van der Waals surface area contributed by atoms with E-state index in [4.69, 9.17) is 0 Å². The van der Waals surface area contributed by atoms with E-state index in [1.54, 1.807) is 25.4 Å². The standard InChI is InChI=1S/C19H18N4O2S/c1-20-17(24)15-9-7-13(8-10-15)11-21-18(25)23-19-22-12-16(26-19)14-5-3-2-4-6-14/h2-10,12H,11H2,1H3,(H,20,24)(H2,21,22,23,25). The van der Waals surface area contributed by atoms with E-state index in [1.165, 1.54) is 11.3 Å². The molecule has 0 bridgehead atoms. The molecular formula is C19H18N4O2S. The summed E-state index contributed by atoms with van der Waals surface area (Å²) in [6.45, 7) is 0.358. The van der Waals surface area contributed by atoms with Gasteiger partial charge in [-0.05, 0) is 23.3 Å². The average Bonchev–Trinajstić information content (AvgIpc) is 3.15. The second-order valence-corrected chi connectivity index (χ2v) is 6.51. The number of nitrogens with zero attached hydrogens (tertiary/aromatic N) is 1. The minimum absolute atomic E-state index is 0.139. The highest BCUT2D eigenvalue weighted by Crippen LogP contribution is 2.28. The Labute approximate surface area is 155 Å². The number of hydrogen-bond acceptors (Lipinski definition) is 4. The van der Waals surface area contributed by atoms with Crippen LogP contribution in [0.1, 0.15) is 15.9 Å². The Hall–Kier alpha value is -3.19. The summed E-state index contributed by atoms with van der Waals surface area (Å²) in [4.78, 5) is 28.8. The first-order valence-electron chi connectivity index (χ1n) is 8.03. The molecule has 0 unspecified atom stereocenters. The summed E-state index contributed by atoms with van der Waals surface area (Å²) in [5, 5.41) is 8.62. The second kappa shape index (κ2) is 8.26. The van der Waals surface area contributed by atoms with Crippen LogP contribution in [-0.4, -0.2) is 24.0 Å². The number of urea groups is 1. The van der Waals surface area contributed by atoms with Gasteiger partial charge in [0, 0.05) is 25.4 Å². The van der Waals surface area contributed by atoms with Crippen molar-refractivity contribution in [3.63, 3.8) is 0 Å². The minimum Gasteiger partial charge on any atom is -0.355 e. The first-order chi connectivity index (χ1) is 12.7. The van der Waals surface area contributed by atoms with Gasteiger partial charge >= 0.3 is 6.03 Å². The maximum absolute atomic E-state index is 12.0. The van der Waals surface area contributed by atoms with E-state index in [0.717, 1.165) is 16.0 Å². The van der Waals surface area contributed by atoms with Crippen LogP contribution in [0.25, 0.3) is 10.4 Å². The molecule has 0 aliphatic heterocycles. The summed E-state index contributed by atoms with van der Waals surface area (Å²) in [6.07, 6.45) is 1.74. The first-order valence-corrected chi connectivity index (χ1v) is 8.84. The molecule has 3 aromatic rings. The Kier molecular flexibility index (Phi) is 5.60. The number of amides is 3. The van der Waals surface area contributed by atoms with Gasteiger partial charge in [-0.3, -0.25) is 10.1 Å². The molecule has 0 atom stereocenters. The van der Waals surface area contributed by atoms with E-state index >= 15 is 0 Å². The molecule has 0 aliphatic rings. The van der Waals surface area contributed by atoms with Crippen molar-refractivity contribution in [3.8, 4) is 10.4 Å². The zero-order chi connectivity index (χ0) is 18.4. The van der Waals surface area contributed by atoms with Gasteiger partial charge in [0.25, 0.3) is 5.91 Å². The van der Waals surface area contributed by atoms with Gasteiger partial charge in [-0.15, -0.1) is 0 Å². The normalized spacial score (nSPS) is 10.2. The number of rotatable bonds is 5. The second-order valence-electron chi connectivity index (χ2n) is 5.48. The molecule has 0 spiro atoms. The molecule has 2 aromatic carbocycles. The predicted octanol–water partition coefficient (Wildman–Crippen LogP) is 3.49. The summed E-state index contributed by atoms with van der Waals surface area (Å²) in [6, 6.07) is 16.6. The van der Waals surface area contributed by atoms with Gasteiger partial charge in [0.15, 0.2) is 5.13 Å². The largest absolute Gasteiger partial charge is 0.355 e. The molecule has 0 saturated heterocycles. The summed E-state index contributed by atoms with van der Waals surface area (Å²) >= 11 is 1.42. The zero-order valence-corrected chi connectivity index (χ0v) is 15.0. The van der Waals surface area contributed by atoms with E-state index in [-0.39, 0.29) is 11.9 Å². The van der Waals surface area contributed by atoms with Crippen LogP contribution in [0.15, 0.2) is 60.8 Å². The van der Waals surface area contributed by atoms with E-state index in [0.29, 0.717) is 17.2 Å². The maximum atomic E-state index is 12.0. The fourth-order valence-electron chi connectivity index (χ4n) is 2.31. The van der Waals surface area contributed by atoms with Gasteiger partial charge in [-0.1, -0.05) is 53.8 Å². The van der Waals surface area contributed by atoms with Crippen molar-refractivity contribution in [2.45, 2.75) is 6.54 Å². The van der Waals surface area contributed by atoms with Crippen molar-refractivity contribution in [2.75, 3.05) is 12.4 Å². The highest BCUT2D eigenvalue weighted by atomic mass is 32.1. The molecular weight excluding hydrogens is 348 g/mol. The molecule has 0 saturated carbocycles. The van der Waals surface area contributed by atoms with Crippen molar-refractivity contribution in [1.29, 1.82) is 0 Å². The number of aromatic nitrogens is 1. The highest BCUT2D eigenvalue weighted by Gasteiger charge is 2.08. The quantitative estimate of drug-likeness (QED) is 0.646. The smallest absolute Gasteiger partial charge is 0.321 e. The third-order valence-electron chi connectivity index (χ3n) is 3.68. The molecule has 0 radical (unpaired) electrons. The van der Waals surface area contributed by atoms with Crippen molar-refractivity contribution in [3.05, 3.63) is 71.9 Å². The van der Waals surface area contributed by atoms with Crippen LogP contribution in [0.3, 0.4) is 0 Å². The SMILES string of the molecule is CNC(=O)c1ccc(CNC(=O)Nc2ncc(-c3ccccc3)s2)cc1. The Morgan fingerprint density at radius 1 is 1.04 bits per heavy atom. The van der Waals surface area contributed by atoms with Crippen molar-refractivity contribution in [1.82, 2.24) is 15.6 Å². The van der Waals surface area contributed by atoms with Crippen molar-refractivity contribution < 1.29 is 9.59 Å². The monoisotopic (exact) mass is 366 g/mol. The summed E-state index contributed by atoms with van der Waals surface area (Å²) < 4.78 is 0.